The van der Waals surface area contributed by atoms with E-state index in [1.165, 1.54) is 4.90 Å². The molecule has 0 fully saturated rings. The molecule has 1 aliphatic rings. The summed E-state index contributed by atoms with van der Waals surface area (Å²) in [4.78, 5) is 32.4. The molecule has 1 aliphatic heterocycles. The first kappa shape index (κ1) is 24.4. The molecule has 0 spiro atoms. The summed E-state index contributed by atoms with van der Waals surface area (Å²) in [5, 5.41) is 13.7. The van der Waals surface area contributed by atoms with Crippen LogP contribution in [0.25, 0.3) is 0 Å². The van der Waals surface area contributed by atoms with Crippen molar-refractivity contribution in [1.82, 2.24) is 5.32 Å². The van der Waals surface area contributed by atoms with Crippen molar-refractivity contribution < 1.29 is 19.4 Å². The number of nitrogens with zero attached hydrogens (tertiary/aromatic N) is 2. The summed E-state index contributed by atoms with van der Waals surface area (Å²) < 4.78 is 5.57. The molecule has 3 aromatic carbocycles. The van der Waals surface area contributed by atoms with E-state index in [4.69, 9.17) is 16.3 Å². The minimum absolute atomic E-state index is 0.0699. The first-order valence-electron chi connectivity index (χ1n) is 11.2. The summed E-state index contributed by atoms with van der Waals surface area (Å²) in [5.74, 6) is -1.17. The van der Waals surface area contributed by atoms with E-state index in [0.717, 1.165) is 5.56 Å². The molecule has 8 heteroatoms. The zero-order valence-corrected chi connectivity index (χ0v) is 20.1. The van der Waals surface area contributed by atoms with Gasteiger partial charge >= 0.3 is 0 Å². The Labute approximate surface area is 209 Å². The molecule has 1 heterocycles. The van der Waals surface area contributed by atoms with Crippen LogP contribution in [0.3, 0.4) is 0 Å². The number of amides is 2. The Morgan fingerprint density at radius 2 is 1.77 bits per heavy atom. The summed E-state index contributed by atoms with van der Waals surface area (Å²) in [6, 6.07) is 23.6. The van der Waals surface area contributed by atoms with Crippen molar-refractivity contribution in [2.75, 3.05) is 18.6 Å². The van der Waals surface area contributed by atoms with Crippen molar-refractivity contribution in [3.63, 3.8) is 0 Å². The number of benzene rings is 3. The van der Waals surface area contributed by atoms with Gasteiger partial charge in [0.1, 0.15) is 12.4 Å². The Morgan fingerprint density at radius 3 is 2.46 bits per heavy atom. The first-order valence-corrected chi connectivity index (χ1v) is 11.6. The van der Waals surface area contributed by atoms with Gasteiger partial charge in [-0.25, -0.2) is 4.99 Å². The predicted molar refractivity (Wildman–Crippen MR) is 136 cm³/mol. The van der Waals surface area contributed by atoms with E-state index in [2.05, 4.69) is 10.3 Å². The van der Waals surface area contributed by atoms with Crippen LogP contribution in [0.15, 0.2) is 83.9 Å². The minimum atomic E-state index is -1.18. The molecule has 0 aromatic heterocycles. The summed E-state index contributed by atoms with van der Waals surface area (Å²) >= 11 is 6.27. The standard InChI is InChI=1S/C27H26ClN3O4/c1-17(23(32)16-35-20-11-7-4-8-12-20)26(33)30-25-27(34)31(2)22-14-13-19(28)15-21(22)24(29-25)18-9-5-3-6-10-18/h3-15,17,23,25,32H,16H2,1-2H3,(H,30,33). The number of ether oxygens (including phenoxy) is 1. The SMILES string of the molecule is CC(C(=O)NC1N=C(c2ccccc2)c2cc(Cl)ccc2N(C)C1=O)C(O)COc1ccccc1. The highest BCUT2D eigenvalue weighted by Crippen LogP contribution is 2.30. The van der Waals surface area contributed by atoms with Gasteiger partial charge in [-0.3, -0.25) is 9.59 Å². The van der Waals surface area contributed by atoms with E-state index < -0.39 is 30.0 Å². The molecule has 0 saturated carbocycles. The van der Waals surface area contributed by atoms with Gasteiger partial charge in [0.05, 0.1) is 23.4 Å². The second-order valence-corrected chi connectivity index (χ2v) is 8.73. The maximum absolute atomic E-state index is 13.3. The number of aliphatic hydroxyl groups is 1. The van der Waals surface area contributed by atoms with E-state index in [1.807, 2.05) is 48.5 Å². The number of para-hydroxylation sites is 1. The fraction of sp³-hybridized carbons (Fsp3) is 0.222. The van der Waals surface area contributed by atoms with Crippen molar-refractivity contribution >= 4 is 34.8 Å². The Morgan fingerprint density at radius 1 is 1.11 bits per heavy atom. The predicted octanol–water partition coefficient (Wildman–Crippen LogP) is 3.67. The number of hydrogen-bond acceptors (Lipinski definition) is 5. The van der Waals surface area contributed by atoms with E-state index in [-0.39, 0.29) is 6.61 Å². The number of anilines is 1. The molecular weight excluding hydrogens is 466 g/mol. The number of carbonyl (C=O) groups is 2. The zero-order valence-electron chi connectivity index (χ0n) is 19.4. The highest BCUT2D eigenvalue weighted by molar-refractivity contribution is 6.32. The fourth-order valence-corrected chi connectivity index (χ4v) is 3.92. The summed E-state index contributed by atoms with van der Waals surface area (Å²) in [7, 11) is 1.63. The normalized spacial score (nSPS) is 17.0. The van der Waals surface area contributed by atoms with Crippen LogP contribution in [0.1, 0.15) is 18.1 Å². The lowest BCUT2D eigenvalue weighted by molar-refractivity contribution is -0.132. The van der Waals surface area contributed by atoms with Gasteiger partial charge in [0.15, 0.2) is 0 Å². The fourth-order valence-electron chi connectivity index (χ4n) is 3.75. The third-order valence-electron chi connectivity index (χ3n) is 5.88. The number of aliphatic hydroxyl groups excluding tert-OH is 1. The lowest BCUT2D eigenvalue weighted by Crippen LogP contribution is -2.49. The number of rotatable bonds is 7. The Balaban J connectivity index is 1.58. The third kappa shape index (κ3) is 5.53. The average Bonchev–Trinajstić information content (AvgIpc) is 2.98. The van der Waals surface area contributed by atoms with Gasteiger partial charge in [-0.05, 0) is 30.3 Å². The summed E-state index contributed by atoms with van der Waals surface area (Å²) in [6.07, 6.45) is -2.26. The molecule has 3 unspecified atom stereocenters. The Hall–Kier alpha value is -3.68. The van der Waals surface area contributed by atoms with Gasteiger partial charge in [-0.2, -0.15) is 0 Å². The molecule has 0 aliphatic carbocycles. The number of benzodiazepines with no additional fused rings is 1. The van der Waals surface area contributed by atoms with E-state index in [9.17, 15) is 14.7 Å². The van der Waals surface area contributed by atoms with Gasteiger partial charge < -0.3 is 20.1 Å². The molecule has 2 amide bonds. The molecule has 7 nitrogen and oxygen atoms in total. The van der Waals surface area contributed by atoms with E-state index >= 15 is 0 Å². The number of carbonyl (C=O) groups excluding carboxylic acids is 2. The topological polar surface area (TPSA) is 91.2 Å². The highest BCUT2D eigenvalue weighted by Gasteiger charge is 2.33. The van der Waals surface area contributed by atoms with Crippen LogP contribution in [0, 0.1) is 5.92 Å². The number of nitrogens with one attached hydrogen (secondary N) is 1. The number of aliphatic imine (C=N–C) groups is 1. The molecule has 4 rings (SSSR count). The maximum atomic E-state index is 13.3. The average molecular weight is 492 g/mol. The van der Waals surface area contributed by atoms with E-state index in [1.54, 1.807) is 44.3 Å². The van der Waals surface area contributed by atoms with Crippen molar-refractivity contribution in [2.24, 2.45) is 10.9 Å². The van der Waals surface area contributed by atoms with Crippen LogP contribution < -0.4 is 15.0 Å². The smallest absolute Gasteiger partial charge is 0.272 e. The van der Waals surface area contributed by atoms with Gasteiger partial charge in [-0.1, -0.05) is 67.1 Å². The number of halogens is 1. The molecule has 35 heavy (non-hydrogen) atoms. The molecule has 0 radical (unpaired) electrons. The molecule has 3 atom stereocenters. The quantitative estimate of drug-likeness (QED) is 0.527. The number of likely N-dealkylation sites (N-methyl/N-ethyl adjacent to an activating group) is 1. The van der Waals surface area contributed by atoms with Crippen molar-refractivity contribution in [2.45, 2.75) is 19.2 Å². The second-order valence-electron chi connectivity index (χ2n) is 8.29. The molecule has 2 N–H and O–H groups in total. The van der Waals surface area contributed by atoms with Crippen LogP contribution in [-0.2, 0) is 9.59 Å². The summed E-state index contributed by atoms with van der Waals surface area (Å²) in [5.41, 5.74) is 2.62. The third-order valence-corrected chi connectivity index (χ3v) is 6.11. The van der Waals surface area contributed by atoms with Crippen molar-refractivity contribution in [1.29, 1.82) is 0 Å². The van der Waals surface area contributed by atoms with Gasteiger partial charge in [0, 0.05) is 23.2 Å². The van der Waals surface area contributed by atoms with Crippen molar-refractivity contribution in [3.8, 4) is 5.75 Å². The molecular formula is C27H26ClN3O4. The minimum Gasteiger partial charge on any atom is -0.491 e. The lowest BCUT2D eigenvalue weighted by Gasteiger charge is -2.23. The monoisotopic (exact) mass is 491 g/mol. The highest BCUT2D eigenvalue weighted by atomic mass is 35.5. The molecule has 180 valence electrons. The van der Waals surface area contributed by atoms with Gasteiger partial charge in [0.25, 0.3) is 5.91 Å². The lowest BCUT2D eigenvalue weighted by atomic mass is 10.0. The van der Waals surface area contributed by atoms with Crippen LogP contribution in [0.2, 0.25) is 5.02 Å². The van der Waals surface area contributed by atoms with Crippen LogP contribution in [-0.4, -0.2) is 48.6 Å². The van der Waals surface area contributed by atoms with Crippen LogP contribution >= 0.6 is 11.6 Å². The van der Waals surface area contributed by atoms with Gasteiger partial charge in [-0.15, -0.1) is 0 Å². The zero-order chi connectivity index (χ0) is 24.9. The van der Waals surface area contributed by atoms with E-state index in [0.29, 0.717) is 27.7 Å². The van der Waals surface area contributed by atoms with Crippen LogP contribution in [0.5, 0.6) is 5.75 Å². The number of hydrogen-bond donors (Lipinski definition) is 2. The molecule has 3 aromatic rings. The second kappa shape index (κ2) is 10.7. The van der Waals surface area contributed by atoms with Crippen LogP contribution in [0.4, 0.5) is 5.69 Å². The van der Waals surface area contributed by atoms with Crippen molar-refractivity contribution in [3.05, 3.63) is 95.0 Å². The first-order chi connectivity index (χ1) is 16.8. The maximum Gasteiger partial charge on any atom is 0.272 e. The molecule has 0 saturated heterocycles. The summed E-state index contributed by atoms with van der Waals surface area (Å²) in [6.45, 7) is 1.51. The van der Waals surface area contributed by atoms with Gasteiger partial charge in [0.2, 0.25) is 12.1 Å². The largest absolute Gasteiger partial charge is 0.491 e. The Kier molecular flexibility index (Phi) is 7.48. The molecule has 0 bridgehead atoms. The number of fused-ring (bicyclic) bond motifs is 1. The Bertz CT molecular complexity index is 1230.